The van der Waals surface area contributed by atoms with E-state index in [1.165, 1.54) is 243 Å². The van der Waals surface area contributed by atoms with Crippen molar-refractivity contribution in [1.29, 1.82) is 0 Å². The molecule has 364 valence electrons. The summed E-state index contributed by atoms with van der Waals surface area (Å²) in [6.07, 6.45) is 46.7. The van der Waals surface area contributed by atoms with Crippen LogP contribution >= 0.6 is 0 Å². The van der Waals surface area contributed by atoms with Gasteiger partial charge in [-0.3, -0.25) is 0 Å². The molecule has 0 aliphatic carbocycles. The van der Waals surface area contributed by atoms with Crippen LogP contribution in [0.3, 0.4) is 0 Å². The topological polar surface area (TPSA) is 114 Å². The fraction of sp³-hybridized carbons (Fsp3) is 0.808. The molecular weight excluding hydrogens is 813 g/mol. The van der Waals surface area contributed by atoms with Gasteiger partial charge in [-0.2, -0.15) is 0 Å². The highest BCUT2D eigenvalue weighted by Gasteiger charge is 2.12. The van der Waals surface area contributed by atoms with Crippen molar-refractivity contribution >= 4 is 31.0 Å². The fourth-order valence-electron chi connectivity index (χ4n) is 7.96. The molecule has 2 rings (SSSR count). The quantitative estimate of drug-likeness (QED) is 0.0382. The van der Waals surface area contributed by atoms with E-state index in [1.807, 2.05) is 0 Å². The molecule has 0 saturated heterocycles. The molecule has 0 fully saturated rings. The highest BCUT2D eigenvalue weighted by Crippen LogP contribution is 2.28. The Bertz CT molecular complexity index is 1450. The molecule has 0 atom stereocenters. The van der Waals surface area contributed by atoms with E-state index < -0.39 is 30.0 Å². The number of nitrogens with zero attached hydrogens (tertiary/aromatic N) is 2. The second kappa shape index (κ2) is 36.6. The minimum atomic E-state index is -4.74. The smallest absolute Gasteiger partial charge is 0.125 e. The summed E-state index contributed by atoms with van der Waals surface area (Å²) in [5.74, 6) is 0. The lowest BCUT2D eigenvalue weighted by molar-refractivity contribution is -0.870. The zero-order chi connectivity index (χ0) is 46.6. The van der Waals surface area contributed by atoms with Gasteiger partial charge in [0.2, 0.25) is 0 Å². The van der Waals surface area contributed by atoms with Gasteiger partial charge in [0.25, 0.3) is 0 Å². The number of hydrogen-bond acceptors (Lipinski definition) is 6. The lowest BCUT2D eigenvalue weighted by Gasteiger charge is -2.23. The molecule has 0 radical (unpaired) electrons. The van der Waals surface area contributed by atoms with Gasteiger partial charge in [-0.15, -0.1) is 0 Å². The van der Waals surface area contributed by atoms with Gasteiger partial charge in [-0.1, -0.05) is 218 Å². The average molecular weight is 911 g/mol. The summed E-state index contributed by atoms with van der Waals surface area (Å²) in [7, 11) is 4.30. The Morgan fingerprint density at radius 2 is 0.532 bits per heavy atom. The van der Waals surface area contributed by atoms with Gasteiger partial charge in [0.05, 0.1) is 65.2 Å². The molecule has 0 unspecified atom stereocenters. The van der Waals surface area contributed by atoms with Crippen LogP contribution in [0.25, 0.3) is 10.8 Å². The van der Waals surface area contributed by atoms with Crippen molar-refractivity contribution in [2.45, 2.75) is 229 Å². The van der Waals surface area contributed by atoms with Crippen molar-refractivity contribution in [3.05, 3.63) is 36.4 Å². The van der Waals surface area contributed by atoms with Crippen LogP contribution in [0.1, 0.15) is 219 Å². The third kappa shape index (κ3) is 36.7. The first kappa shape index (κ1) is 60.4. The van der Waals surface area contributed by atoms with E-state index in [0.29, 0.717) is 0 Å². The zero-order valence-corrected chi connectivity index (χ0v) is 43.3. The third-order valence-electron chi connectivity index (χ3n) is 11.7. The van der Waals surface area contributed by atoms with E-state index in [0.717, 1.165) is 21.1 Å². The van der Waals surface area contributed by atoms with Gasteiger partial charge < -0.3 is 18.1 Å². The first-order valence-corrected chi connectivity index (χ1v) is 28.2. The van der Waals surface area contributed by atoms with Crippen molar-refractivity contribution in [3.8, 4) is 0 Å². The SMILES string of the molecule is CCCCCCCCCCCCCCCCCC[N+](C)(C)C.CCCCCCCCCCCCCCCCCC[N+](C)(C)C.O=S(=O)([O-])c1cccc2c(S(=O)(=O)[O-])cccc12. The fourth-order valence-corrected chi connectivity index (χ4v) is 9.34. The van der Waals surface area contributed by atoms with Gasteiger partial charge in [0, 0.05) is 10.8 Å². The van der Waals surface area contributed by atoms with Crippen LogP contribution in [0.5, 0.6) is 0 Å². The van der Waals surface area contributed by atoms with Crippen molar-refractivity contribution < 1.29 is 34.9 Å². The van der Waals surface area contributed by atoms with E-state index in [1.54, 1.807) is 0 Å². The molecule has 0 spiro atoms. The Labute approximate surface area is 385 Å². The van der Waals surface area contributed by atoms with Crippen molar-refractivity contribution in [2.75, 3.05) is 55.4 Å². The molecule has 0 N–H and O–H groups in total. The molecule has 0 amide bonds. The summed E-state index contributed by atoms with van der Waals surface area (Å²) in [6.45, 7) is 7.26. The number of quaternary nitrogens is 2. The van der Waals surface area contributed by atoms with Gasteiger partial charge >= 0.3 is 0 Å². The Morgan fingerprint density at radius 1 is 0.339 bits per heavy atom. The molecule has 0 bridgehead atoms. The van der Waals surface area contributed by atoms with Crippen LogP contribution in [0.15, 0.2) is 46.2 Å². The predicted molar refractivity (Wildman–Crippen MR) is 265 cm³/mol. The number of rotatable bonds is 36. The second-order valence-electron chi connectivity index (χ2n) is 20.2. The maximum Gasteiger partial charge on any atom is 0.125 e. The molecule has 0 heterocycles. The number of unbranched alkanes of at least 4 members (excludes halogenated alkanes) is 30. The molecule has 2 aromatic rings. The van der Waals surface area contributed by atoms with E-state index in [-0.39, 0.29) is 10.8 Å². The van der Waals surface area contributed by atoms with E-state index in [2.05, 4.69) is 56.1 Å². The van der Waals surface area contributed by atoms with Crippen LogP contribution in [-0.4, -0.2) is 90.3 Å². The maximum absolute atomic E-state index is 11.0. The number of benzene rings is 2. The molecule has 62 heavy (non-hydrogen) atoms. The normalized spacial score (nSPS) is 12.2. The lowest BCUT2D eigenvalue weighted by atomic mass is 10.0. The molecule has 0 aromatic heterocycles. The number of hydrogen-bond donors (Lipinski definition) is 0. The Morgan fingerprint density at radius 3 is 0.710 bits per heavy atom. The summed E-state index contributed by atoms with van der Waals surface area (Å²) in [6, 6.07) is 7.09. The summed E-state index contributed by atoms with van der Waals surface area (Å²) >= 11 is 0. The molecule has 8 nitrogen and oxygen atoms in total. The molecule has 0 saturated carbocycles. The minimum Gasteiger partial charge on any atom is -0.744 e. The van der Waals surface area contributed by atoms with Gasteiger partial charge in [-0.25, -0.2) is 16.8 Å². The lowest BCUT2D eigenvalue weighted by Crippen LogP contribution is -2.35. The maximum atomic E-state index is 11.0. The predicted octanol–water partition coefficient (Wildman–Crippen LogP) is 14.6. The summed E-state index contributed by atoms with van der Waals surface area (Å²) in [5, 5.41) is -0.158. The Kier molecular flexibility index (Phi) is 35.7. The van der Waals surface area contributed by atoms with Crippen LogP contribution in [0.4, 0.5) is 0 Å². The molecule has 0 aliphatic rings. The average Bonchev–Trinajstić information content (AvgIpc) is 3.19. The minimum absolute atomic E-state index is 0.0792. The van der Waals surface area contributed by atoms with Crippen LogP contribution in [-0.2, 0) is 20.2 Å². The van der Waals surface area contributed by atoms with E-state index >= 15 is 0 Å². The van der Waals surface area contributed by atoms with Crippen LogP contribution in [0, 0.1) is 0 Å². The van der Waals surface area contributed by atoms with Crippen molar-refractivity contribution in [2.24, 2.45) is 0 Å². The summed E-state index contributed by atoms with van der Waals surface area (Å²) < 4.78 is 68.4. The van der Waals surface area contributed by atoms with Gasteiger partial charge in [0.15, 0.2) is 0 Å². The number of fused-ring (bicyclic) bond motifs is 1. The standard InChI is InChI=1S/2C21H46N.C10H8O6S2/c2*1-5-6-7-8-9-10-11-12-13-14-15-16-17-18-19-20-21-22(2,3)4;11-17(12,13)9-5-1-3-7-8(9)4-2-6-10(7)18(14,15)16/h2*5-21H2,1-4H3;1-6H,(H,11,12,13)(H,14,15,16)/q2*+1;/p-2. The highest BCUT2D eigenvalue weighted by atomic mass is 32.2. The molecule has 2 aromatic carbocycles. The second-order valence-corrected chi connectivity index (χ2v) is 22.8. The van der Waals surface area contributed by atoms with Gasteiger partial charge in [-0.05, 0) is 37.8 Å². The third-order valence-corrected chi connectivity index (χ3v) is 13.5. The molecular formula is C52H98N2O6S2. The summed E-state index contributed by atoms with van der Waals surface area (Å²) in [5.41, 5.74) is 0. The Hall–Kier alpha value is -1.56. The zero-order valence-electron chi connectivity index (χ0n) is 41.7. The summed E-state index contributed by atoms with van der Waals surface area (Å²) in [4.78, 5) is -1.10. The van der Waals surface area contributed by atoms with Crippen molar-refractivity contribution in [3.63, 3.8) is 0 Å². The van der Waals surface area contributed by atoms with E-state index in [9.17, 15) is 25.9 Å². The van der Waals surface area contributed by atoms with E-state index in [4.69, 9.17) is 0 Å². The first-order valence-electron chi connectivity index (χ1n) is 25.4. The van der Waals surface area contributed by atoms with Crippen LogP contribution < -0.4 is 0 Å². The van der Waals surface area contributed by atoms with Crippen molar-refractivity contribution in [1.82, 2.24) is 0 Å². The monoisotopic (exact) mass is 911 g/mol. The van der Waals surface area contributed by atoms with Gasteiger partial charge in [0.1, 0.15) is 20.2 Å². The highest BCUT2D eigenvalue weighted by molar-refractivity contribution is 7.86. The largest absolute Gasteiger partial charge is 0.744 e. The Balaban J connectivity index is 0.000000904. The van der Waals surface area contributed by atoms with Crippen LogP contribution in [0.2, 0.25) is 0 Å². The first-order chi connectivity index (χ1) is 29.3. The molecule has 0 aliphatic heterocycles. The molecule has 10 heteroatoms.